The summed E-state index contributed by atoms with van der Waals surface area (Å²) in [6.07, 6.45) is 3.68. The number of hydrogen-bond acceptors (Lipinski definition) is 3. The molecule has 1 aromatic carbocycles. The molecule has 0 aliphatic carbocycles. The third kappa shape index (κ3) is 2.71. The number of ether oxygens (including phenoxy) is 1. The van der Waals surface area contributed by atoms with E-state index in [1.807, 2.05) is 0 Å². The van der Waals surface area contributed by atoms with Crippen LogP contribution in [0.5, 0.6) is 0 Å². The topological polar surface area (TPSA) is 39.2 Å². The molecule has 92 valence electrons. The third-order valence-electron chi connectivity index (χ3n) is 2.62. The minimum Gasteiger partial charge on any atom is -0.465 e. The number of esters is 1. The standard InChI is InChI=1S/C14H12FNO2/c1-18-14(17)13-6-7-16-9-11(13)8-10-2-4-12(15)5-3-10/h2-7,9H,8H2,1H3. The second kappa shape index (κ2) is 5.40. The van der Waals surface area contributed by atoms with Gasteiger partial charge in [-0.1, -0.05) is 12.1 Å². The molecule has 0 atom stereocenters. The first kappa shape index (κ1) is 12.2. The molecule has 0 aliphatic rings. The fourth-order valence-electron chi connectivity index (χ4n) is 1.70. The van der Waals surface area contributed by atoms with Crippen molar-refractivity contribution in [1.29, 1.82) is 0 Å². The molecule has 2 rings (SSSR count). The van der Waals surface area contributed by atoms with Crippen LogP contribution in [0.25, 0.3) is 0 Å². The Morgan fingerprint density at radius 2 is 2.00 bits per heavy atom. The van der Waals surface area contributed by atoms with Crippen molar-refractivity contribution in [2.45, 2.75) is 6.42 Å². The highest BCUT2D eigenvalue weighted by atomic mass is 19.1. The van der Waals surface area contributed by atoms with Crippen molar-refractivity contribution in [2.24, 2.45) is 0 Å². The van der Waals surface area contributed by atoms with Crippen LogP contribution < -0.4 is 0 Å². The summed E-state index contributed by atoms with van der Waals surface area (Å²) in [6, 6.07) is 7.77. The summed E-state index contributed by atoms with van der Waals surface area (Å²) < 4.78 is 17.5. The highest BCUT2D eigenvalue weighted by molar-refractivity contribution is 5.90. The van der Waals surface area contributed by atoms with Crippen LogP contribution in [0.3, 0.4) is 0 Å². The van der Waals surface area contributed by atoms with Crippen molar-refractivity contribution in [3.63, 3.8) is 0 Å². The van der Waals surface area contributed by atoms with E-state index in [-0.39, 0.29) is 5.82 Å². The van der Waals surface area contributed by atoms with Crippen LogP contribution in [0.15, 0.2) is 42.7 Å². The van der Waals surface area contributed by atoms with E-state index < -0.39 is 5.97 Å². The molecule has 1 aromatic heterocycles. The fraction of sp³-hybridized carbons (Fsp3) is 0.143. The lowest BCUT2D eigenvalue weighted by Crippen LogP contribution is -2.06. The van der Waals surface area contributed by atoms with Gasteiger partial charge in [-0.05, 0) is 35.7 Å². The van der Waals surface area contributed by atoms with E-state index in [9.17, 15) is 9.18 Å². The maximum Gasteiger partial charge on any atom is 0.338 e. The zero-order valence-electron chi connectivity index (χ0n) is 9.89. The molecule has 0 N–H and O–H groups in total. The van der Waals surface area contributed by atoms with Gasteiger partial charge in [0.05, 0.1) is 12.7 Å². The maximum absolute atomic E-state index is 12.8. The molecule has 4 heteroatoms. The molecular formula is C14H12FNO2. The van der Waals surface area contributed by atoms with Gasteiger partial charge >= 0.3 is 5.97 Å². The Bertz CT molecular complexity index is 552. The average Bonchev–Trinajstić information content (AvgIpc) is 2.41. The second-order valence-electron chi connectivity index (χ2n) is 3.83. The first-order valence-corrected chi connectivity index (χ1v) is 5.46. The van der Waals surface area contributed by atoms with Crippen molar-refractivity contribution in [3.05, 3.63) is 65.2 Å². The van der Waals surface area contributed by atoms with Crippen LogP contribution in [0.4, 0.5) is 4.39 Å². The maximum atomic E-state index is 12.8. The molecule has 0 unspecified atom stereocenters. The predicted octanol–water partition coefficient (Wildman–Crippen LogP) is 2.60. The number of methoxy groups -OCH3 is 1. The molecule has 2 aromatic rings. The van der Waals surface area contributed by atoms with E-state index >= 15 is 0 Å². The van der Waals surface area contributed by atoms with Gasteiger partial charge in [0.2, 0.25) is 0 Å². The normalized spacial score (nSPS) is 10.1. The number of hydrogen-bond donors (Lipinski definition) is 0. The minimum atomic E-state index is -0.394. The van der Waals surface area contributed by atoms with Crippen LogP contribution in [-0.2, 0) is 11.2 Å². The lowest BCUT2D eigenvalue weighted by molar-refractivity contribution is 0.0599. The average molecular weight is 245 g/mol. The molecule has 18 heavy (non-hydrogen) atoms. The first-order chi connectivity index (χ1) is 8.70. The second-order valence-corrected chi connectivity index (χ2v) is 3.83. The van der Waals surface area contributed by atoms with Crippen LogP contribution >= 0.6 is 0 Å². The molecule has 1 heterocycles. The van der Waals surface area contributed by atoms with Gasteiger partial charge in [-0.25, -0.2) is 9.18 Å². The monoisotopic (exact) mass is 245 g/mol. The highest BCUT2D eigenvalue weighted by Gasteiger charge is 2.11. The molecular weight excluding hydrogens is 233 g/mol. The highest BCUT2D eigenvalue weighted by Crippen LogP contribution is 2.14. The van der Waals surface area contributed by atoms with Gasteiger partial charge in [0, 0.05) is 12.4 Å². The fourth-order valence-corrected chi connectivity index (χ4v) is 1.70. The zero-order valence-corrected chi connectivity index (χ0v) is 9.89. The quantitative estimate of drug-likeness (QED) is 0.780. The summed E-state index contributed by atoms with van der Waals surface area (Å²) in [7, 11) is 1.34. The van der Waals surface area contributed by atoms with E-state index in [0.29, 0.717) is 12.0 Å². The molecule has 0 spiro atoms. The SMILES string of the molecule is COC(=O)c1ccncc1Cc1ccc(F)cc1. The molecule has 0 bridgehead atoms. The molecule has 3 nitrogen and oxygen atoms in total. The summed E-state index contributed by atoms with van der Waals surface area (Å²) in [5.41, 5.74) is 2.15. The lowest BCUT2D eigenvalue weighted by atomic mass is 10.0. The van der Waals surface area contributed by atoms with Crippen LogP contribution in [0.2, 0.25) is 0 Å². The Kier molecular flexibility index (Phi) is 3.67. The summed E-state index contributed by atoms with van der Waals surface area (Å²) in [5, 5.41) is 0. The molecule has 0 radical (unpaired) electrons. The van der Waals surface area contributed by atoms with Crippen LogP contribution in [0.1, 0.15) is 21.5 Å². The number of pyridine rings is 1. The largest absolute Gasteiger partial charge is 0.465 e. The zero-order chi connectivity index (χ0) is 13.0. The van der Waals surface area contributed by atoms with Gasteiger partial charge in [0.15, 0.2) is 0 Å². The van der Waals surface area contributed by atoms with E-state index in [2.05, 4.69) is 4.98 Å². The van der Waals surface area contributed by atoms with E-state index in [4.69, 9.17) is 4.74 Å². The number of carbonyl (C=O) groups is 1. The van der Waals surface area contributed by atoms with E-state index in [0.717, 1.165) is 11.1 Å². The molecule has 0 fully saturated rings. The third-order valence-corrected chi connectivity index (χ3v) is 2.62. The number of carbonyl (C=O) groups excluding carboxylic acids is 1. The van der Waals surface area contributed by atoms with E-state index in [1.54, 1.807) is 30.6 Å². The summed E-state index contributed by atoms with van der Waals surface area (Å²) in [6.45, 7) is 0. The lowest BCUT2D eigenvalue weighted by Gasteiger charge is -2.07. The Morgan fingerprint density at radius 3 is 2.67 bits per heavy atom. The molecule has 0 saturated carbocycles. The van der Waals surface area contributed by atoms with Gasteiger partial charge in [0.1, 0.15) is 5.82 Å². The molecule has 0 saturated heterocycles. The van der Waals surface area contributed by atoms with E-state index in [1.165, 1.54) is 19.2 Å². The Morgan fingerprint density at radius 1 is 1.28 bits per heavy atom. The predicted molar refractivity (Wildman–Crippen MR) is 64.8 cm³/mol. The van der Waals surface area contributed by atoms with Gasteiger partial charge in [-0.2, -0.15) is 0 Å². The molecule has 0 aliphatic heterocycles. The summed E-state index contributed by atoms with van der Waals surface area (Å²) in [4.78, 5) is 15.6. The number of aromatic nitrogens is 1. The first-order valence-electron chi connectivity index (χ1n) is 5.46. The molecule has 0 amide bonds. The van der Waals surface area contributed by atoms with Crippen molar-refractivity contribution in [1.82, 2.24) is 4.98 Å². The number of halogens is 1. The summed E-state index contributed by atoms with van der Waals surface area (Å²) >= 11 is 0. The van der Waals surface area contributed by atoms with Crippen LogP contribution in [0, 0.1) is 5.82 Å². The van der Waals surface area contributed by atoms with Gasteiger partial charge < -0.3 is 4.74 Å². The minimum absolute atomic E-state index is 0.280. The van der Waals surface area contributed by atoms with Crippen molar-refractivity contribution < 1.29 is 13.9 Å². The summed E-state index contributed by atoms with van der Waals surface area (Å²) in [5.74, 6) is -0.673. The number of benzene rings is 1. The Balaban J connectivity index is 2.28. The van der Waals surface area contributed by atoms with Gasteiger partial charge in [0.25, 0.3) is 0 Å². The van der Waals surface area contributed by atoms with Gasteiger partial charge in [-0.3, -0.25) is 4.98 Å². The van der Waals surface area contributed by atoms with Crippen molar-refractivity contribution in [3.8, 4) is 0 Å². The van der Waals surface area contributed by atoms with Crippen LogP contribution in [-0.4, -0.2) is 18.1 Å². The number of nitrogens with zero attached hydrogens (tertiary/aromatic N) is 1. The number of rotatable bonds is 3. The van der Waals surface area contributed by atoms with Crippen molar-refractivity contribution >= 4 is 5.97 Å². The van der Waals surface area contributed by atoms with Crippen molar-refractivity contribution in [2.75, 3.05) is 7.11 Å². The van der Waals surface area contributed by atoms with Gasteiger partial charge in [-0.15, -0.1) is 0 Å². The Hall–Kier alpha value is -2.23. The Labute approximate surface area is 104 Å². The smallest absolute Gasteiger partial charge is 0.338 e.